The highest BCUT2D eigenvalue weighted by Gasteiger charge is 2.47. The van der Waals surface area contributed by atoms with Crippen LogP contribution in [0.3, 0.4) is 0 Å². The van der Waals surface area contributed by atoms with Gasteiger partial charge in [0.2, 0.25) is 0 Å². The molecule has 0 saturated carbocycles. The monoisotopic (exact) mass is 397 g/mol. The fraction of sp³-hybridized carbons (Fsp3) is 0.435. The Hall–Kier alpha value is -2.89. The van der Waals surface area contributed by atoms with E-state index in [-0.39, 0.29) is 18.3 Å². The van der Waals surface area contributed by atoms with Crippen LogP contribution >= 0.6 is 0 Å². The minimum atomic E-state index is -0.879. The molecule has 0 amide bonds. The summed E-state index contributed by atoms with van der Waals surface area (Å²) >= 11 is 0. The number of Topliss-reactive ketones (excluding diaryl/α,β-unsaturated/α-hetero) is 1. The van der Waals surface area contributed by atoms with Crippen LogP contribution in [0.25, 0.3) is 0 Å². The fourth-order valence-electron chi connectivity index (χ4n) is 4.25. The molecule has 0 aromatic heterocycles. The van der Waals surface area contributed by atoms with Crippen LogP contribution in [0.5, 0.6) is 0 Å². The lowest BCUT2D eigenvalue weighted by molar-refractivity contribution is -0.151. The van der Waals surface area contributed by atoms with Crippen molar-refractivity contribution in [2.75, 3.05) is 13.7 Å². The normalized spacial score (nSPS) is 24.0. The van der Waals surface area contributed by atoms with Crippen molar-refractivity contribution in [1.82, 2.24) is 5.32 Å². The van der Waals surface area contributed by atoms with E-state index in [4.69, 9.17) is 9.47 Å². The highest BCUT2D eigenvalue weighted by atomic mass is 16.5. The molecule has 1 heterocycles. The zero-order valence-electron chi connectivity index (χ0n) is 17.5. The van der Waals surface area contributed by atoms with Gasteiger partial charge in [-0.25, -0.2) is 4.79 Å². The number of rotatable bonds is 4. The van der Waals surface area contributed by atoms with Gasteiger partial charge in [0, 0.05) is 22.9 Å². The molecule has 0 saturated heterocycles. The topological polar surface area (TPSA) is 81.7 Å². The van der Waals surface area contributed by atoms with Crippen LogP contribution < -0.4 is 5.32 Å². The first-order chi connectivity index (χ1) is 13.8. The molecule has 1 N–H and O–H groups in total. The van der Waals surface area contributed by atoms with Crippen LogP contribution in [0.15, 0.2) is 46.8 Å². The average molecular weight is 397 g/mol. The van der Waals surface area contributed by atoms with E-state index in [2.05, 4.69) is 5.32 Å². The number of esters is 2. The van der Waals surface area contributed by atoms with Crippen molar-refractivity contribution in [3.8, 4) is 0 Å². The number of hydrogen-bond acceptors (Lipinski definition) is 6. The van der Waals surface area contributed by atoms with Gasteiger partial charge in [0.25, 0.3) is 0 Å². The summed E-state index contributed by atoms with van der Waals surface area (Å²) in [5.74, 6) is -2.96. The maximum Gasteiger partial charge on any atom is 0.336 e. The van der Waals surface area contributed by atoms with Crippen molar-refractivity contribution in [2.45, 2.75) is 40.0 Å². The van der Waals surface area contributed by atoms with Gasteiger partial charge in [-0.3, -0.25) is 9.59 Å². The smallest absolute Gasteiger partial charge is 0.336 e. The van der Waals surface area contributed by atoms with Crippen LogP contribution in [0, 0.1) is 18.8 Å². The lowest BCUT2D eigenvalue weighted by atomic mass is 9.69. The largest absolute Gasteiger partial charge is 0.468 e. The molecule has 3 atom stereocenters. The molecule has 1 aromatic carbocycles. The molecule has 6 heteroatoms. The number of allylic oxidation sites excluding steroid dienone is 3. The molecule has 154 valence electrons. The van der Waals surface area contributed by atoms with Crippen molar-refractivity contribution in [3.63, 3.8) is 0 Å². The van der Waals surface area contributed by atoms with Gasteiger partial charge in [-0.15, -0.1) is 0 Å². The molecule has 0 radical (unpaired) electrons. The van der Waals surface area contributed by atoms with Crippen LogP contribution in [0.4, 0.5) is 0 Å². The Morgan fingerprint density at radius 1 is 1.17 bits per heavy atom. The highest BCUT2D eigenvalue weighted by molar-refractivity contribution is 6.12. The Kier molecular flexibility index (Phi) is 5.91. The number of ether oxygens (including phenoxy) is 2. The van der Waals surface area contributed by atoms with E-state index in [1.165, 1.54) is 7.11 Å². The average Bonchev–Trinajstić information content (AvgIpc) is 2.67. The summed E-state index contributed by atoms with van der Waals surface area (Å²) in [5, 5.41) is 3.24. The predicted molar refractivity (Wildman–Crippen MR) is 108 cm³/mol. The first-order valence-electron chi connectivity index (χ1n) is 9.86. The van der Waals surface area contributed by atoms with Gasteiger partial charge in [-0.1, -0.05) is 36.8 Å². The quantitative estimate of drug-likeness (QED) is 0.621. The summed E-state index contributed by atoms with van der Waals surface area (Å²) in [7, 11) is 1.29. The summed E-state index contributed by atoms with van der Waals surface area (Å²) in [6.45, 7) is 7.64. The van der Waals surface area contributed by atoms with E-state index < -0.39 is 23.8 Å². The number of ketones is 1. The number of carbonyl (C=O) groups excluding carboxylic acids is 3. The van der Waals surface area contributed by atoms with Gasteiger partial charge in [0.05, 0.1) is 19.3 Å². The second kappa shape index (κ2) is 8.23. The van der Waals surface area contributed by atoms with Gasteiger partial charge < -0.3 is 14.8 Å². The second-order valence-electron chi connectivity index (χ2n) is 7.67. The molecule has 0 bridgehead atoms. The van der Waals surface area contributed by atoms with Crippen LogP contribution in [-0.4, -0.2) is 31.4 Å². The Labute approximate surface area is 171 Å². The molecule has 6 nitrogen and oxygen atoms in total. The fourth-order valence-corrected chi connectivity index (χ4v) is 4.25. The van der Waals surface area contributed by atoms with Crippen molar-refractivity contribution >= 4 is 17.7 Å². The third-order valence-corrected chi connectivity index (χ3v) is 5.65. The molecular formula is C23H27NO5. The number of hydrogen-bond donors (Lipinski definition) is 1. The van der Waals surface area contributed by atoms with E-state index in [1.54, 1.807) is 6.92 Å². The third-order valence-electron chi connectivity index (χ3n) is 5.65. The molecule has 1 aliphatic heterocycles. The molecule has 29 heavy (non-hydrogen) atoms. The molecule has 0 unspecified atom stereocenters. The van der Waals surface area contributed by atoms with Gasteiger partial charge in [0.1, 0.15) is 5.92 Å². The number of carbonyl (C=O) groups is 3. The lowest BCUT2D eigenvalue weighted by Gasteiger charge is -2.38. The van der Waals surface area contributed by atoms with E-state index in [9.17, 15) is 14.4 Å². The number of dihydropyridines is 1. The Bertz CT molecular complexity index is 910. The minimum absolute atomic E-state index is 0.197. The zero-order chi connectivity index (χ0) is 21.3. The van der Waals surface area contributed by atoms with Crippen LogP contribution in [0.2, 0.25) is 0 Å². The highest BCUT2D eigenvalue weighted by Crippen LogP contribution is 2.45. The summed E-state index contributed by atoms with van der Waals surface area (Å²) in [6.07, 6.45) is 0.524. The Morgan fingerprint density at radius 3 is 2.41 bits per heavy atom. The van der Waals surface area contributed by atoms with Crippen molar-refractivity contribution < 1.29 is 23.9 Å². The first kappa shape index (κ1) is 20.8. The maximum atomic E-state index is 13.5. The van der Waals surface area contributed by atoms with Gasteiger partial charge in [-0.05, 0) is 38.7 Å². The number of aryl methyl sites for hydroxylation is 1. The summed E-state index contributed by atoms with van der Waals surface area (Å²) in [4.78, 5) is 38.7. The molecule has 0 spiro atoms. The SMILES string of the molecule is CCOC(=O)C1=C(C)NC2=C(C(=O)[C@@H](C(=O)OC)[C@H](C)C2)[C@@H]1c1ccc(C)cc1. The third kappa shape index (κ3) is 3.71. The van der Waals surface area contributed by atoms with E-state index in [1.807, 2.05) is 45.0 Å². The molecule has 0 fully saturated rings. The number of methoxy groups -OCH3 is 1. The second-order valence-corrected chi connectivity index (χ2v) is 7.67. The van der Waals surface area contributed by atoms with Crippen molar-refractivity contribution in [1.29, 1.82) is 0 Å². The molecule has 1 aromatic rings. The van der Waals surface area contributed by atoms with E-state index in [0.717, 1.165) is 16.8 Å². The molecule has 2 aliphatic rings. The van der Waals surface area contributed by atoms with E-state index >= 15 is 0 Å². The van der Waals surface area contributed by atoms with Gasteiger partial charge in [0.15, 0.2) is 5.78 Å². The summed E-state index contributed by atoms with van der Waals surface area (Å²) < 4.78 is 10.2. The molecular weight excluding hydrogens is 370 g/mol. The summed E-state index contributed by atoms with van der Waals surface area (Å²) in [5.41, 5.74) is 4.19. The number of nitrogens with one attached hydrogen (secondary N) is 1. The van der Waals surface area contributed by atoms with E-state index in [0.29, 0.717) is 23.3 Å². The minimum Gasteiger partial charge on any atom is -0.468 e. The predicted octanol–water partition coefficient (Wildman–Crippen LogP) is 3.17. The first-order valence-corrected chi connectivity index (χ1v) is 9.86. The number of benzene rings is 1. The standard InChI is InChI=1S/C23H27NO5/c1-6-29-23(27)18-14(4)24-16-11-13(3)17(22(26)28-5)21(25)20(16)19(18)15-9-7-12(2)8-10-15/h7-10,13,17,19,24H,6,11H2,1-5H3/t13-,17+,19-/m1/s1. The molecule has 3 rings (SSSR count). The zero-order valence-corrected chi connectivity index (χ0v) is 17.5. The van der Waals surface area contributed by atoms with Gasteiger partial charge >= 0.3 is 11.9 Å². The van der Waals surface area contributed by atoms with Gasteiger partial charge in [-0.2, -0.15) is 0 Å². The van der Waals surface area contributed by atoms with Crippen LogP contribution in [0.1, 0.15) is 44.2 Å². The van der Waals surface area contributed by atoms with Crippen LogP contribution in [-0.2, 0) is 23.9 Å². The molecule has 1 aliphatic carbocycles. The summed E-state index contributed by atoms with van der Waals surface area (Å²) in [6, 6.07) is 7.73. The van der Waals surface area contributed by atoms with Crippen molar-refractivity contribution in [2.24, 2.45) is 11.8 Å². The van der Waals surface area contributed by atoms with Crippen molar-refractivity contribution in [3.05, 3.63) is 57.9 Å². The Balaban J connectivity index is 2.18. The lowest BCUT2D eigenvalue weighted by Crippen LogP contribution is -2.43. The Morgan fingerprint density at radius 2 is 1.83 bits per heavy atom. The maximum absolute atomic E-state index is 13.5.